The van der Waals surface area contributed by atoms with Crippen molar-refractivity contribution in [2.45, 2.75) is 13.8 Å². The lowest BCUT2D eigenvalue weighted by molar-refractivity contribution is -0.114. The molecule has 0 fully saturated rings. The number of benzene rings is 1. The summed E-state index contributed by atoms with van der Waals surface area (Å²) in [6.07, 6.45) is 1.74. The normalized spacial score (nSPS) is 9.77. The molecule has 1 aromatic carbocycles. The molecule has 0 saturated heterocycles. The number of thiophene rings is 1. The summed E-state index contributed by atoms with van der Waals surface area (Å²) in [6.45, 7) is 3.06. The predicted octanol–water partition coefficient (Wildman–Crippen LogP) is 4.67. The molecule has 114 valence electrons. The molecular weight excluding hydrogens is 298 g/mol. The van der Waals surface area contributed by atoms with Crippen LogP contribution in [0.2, 0.25) is 0 Å². The van der Waals surface area contributed by atoms with Gasteiger partial charge >= 0.3 is 0 Å². The number of hydrogen-bond donors (Lipinski definition) is 0. The van der Waals surface area contributed by atoms with Gasteiger partial charge in [-0.15, -0.1) is 0 Å². The molecule has 0 N–H and O–H groups in total. The zero-order chi connectivity index (χ0) is 15.9. The van der Waals surface area contributed by atoms with Crippen LogP contribution in [0.15, 0.2) is 53.1 Å². The Morgan fingerprint density at radius 3 is 2.41 bits per heavy atom. The molecule has 22 heavy (non-hydrogen) atoms. The van der Waals surface area contributed by atoms with Crippen molar-refractivity contribution in [3.8, 4) is 27.2 Å². The molecule has 0 atom stereocenters. The minimum Gasteiger partial charge on any atom is -0.487 e. The Bertz CT molecular complexity index is 727. The average molecular weight is 315 g/mol. The Labute approximate surface area is 133 Å². The maximum atomic E-state index is 9.44. The highest BCUT2D eigenvalue weighted by Gasteiger charge is 2.10. The maximum Gasteiger partial charge on any atom is 0.226 e. The summed E-state index contributed by atoms with van der Waals surface area (Å²) in [4.78, 5) is 14.8. The van der Waals surface area contributed by atoms with Gasteiger partial charge in [-0.25, -0.2) is 4.98 Å². The molecule has 0 amide bonds. The molecular formula is C17H17NO3S. The minimum atomic E-state index is 0.167. The number of aromatic nitrogens is 1. The third-order valence-electron chi connectivity index (χ3n) is 2.55. The van der Waals surface area contributed by atoms with Crippen molar-refractivity contribution in [1.82, 2.24) is 4.98 Å². The summed E-state index contributed by atoms with van der Waals surface area (Å²) < 4.78 is 10.9. The summed E-state index contributed by atoms with van der Waals surface area (Å²) >= 11 is 1.54. The number of hydrogen-bond acceptors (Lipinski definition) is 5. The first kappa shape index (κ1) is 16.0. The molecule has 0 radical (unpaired) electrons. The van der Waals surface area contributed by atoms with Gasteiger partial charge in [0.2, 0.25) is 5.89 Å². The van der Waals surface area contributed by atoms with Crippen LogP contribution in [-0.4, -0.2) is 17.9 Å². The van der Waals surface area contributed by atoms with Crippen LogP contribution in [0, 0.1) is 0 Å². The van der Waals surface area contributed by atoms with E-state index >= 15 is 0 Å². The monoisotopic (exact) mass is 315 g/mol. The zero-order valence-electron chi connectivity index (χ0n) is 12.7. The van der Waals surface area contributed by atoms with Crippen molar-refractivity contribution < 1.29 is 13.9 Å². The lowest BCUT2D eigenvalue weighted by Crippen LogP contribution is -1.73. The van der Waals surface area contributed by atoms with Gasteiger partial charge in [0.1, 0.15) is 5.78 Å². The van der Waals surface area contributed by atoms with E-state index in [9.17, 15) is 4.79 Å². The van der Waals surface area contributed by atoms with E-state index in [1.165, 1.54) is 25.2 Å². The van der Waals surface area contributed by atoms with Gasteiger partial charge in [-0.05, 0) is 38.1 Å². The topological polar surface area (TPSA) is 52.3 Å². The third-order valence-corrected chi connectivity index (χ3v) is 3.61. The third kappa shape index (κ3) is 4.30. The van der Waals surface area contributed by atoms with Crippen molar-refractivity contribution >= 4 is 17.1 Å². The molecule has 0 unspecified atom stereocenters. The lowest BCUT2D eigenvalue weighted by atomic mass is 10.2. The largest absolute Gasteiger partial charge is 0.487 e. The number of nitrogens with zero attached hydrogens (tertiary/aromatic N) is 1. The van der Waals surface area contributed by atoms with Gasteiger partial charge in [0.25, 0.3) is 0 Å². The van der Waals surface area contributed by atoms with Crippen LogP contribution in [0.3, 0.4) is 0 Å². The first-order valence-electron chi connectivity index (χ1n) is 6.72. The van der Waals surface area contributed by atoms with Gasteiger partial charge < -0.3 is 13.9 Å². The Morgan fingerprint density at radius 1 is 1.14 bits per heavy atom. The van der Waals surface area contributed by atoms with Gasteiger partial charge in [-0.2, -0.15) is 0 Å². The first-order valence-corrected chi connectivity index (χ1v) is 7.54. The maximum absolute atomic E-state index is 9.44. The molecule has 0 saturated carbocycles. The van der Waals surface area contributed by atoms with Gasteiger partial charge in [-0.1, -0.05) is 29.5 Å². The minimum absolute atomic E-state index is 0.167. The van der Waals surface area contributed by atoms with E-state index in [1.807, 2.05) is 42.5 Å². The second kappa shape index (κ2) is 7.56. The van der Waals surface area contributed by atoms with E-state index in [0.29, 0.717) is 5.89 Å². The van der Waals surface area contributed by atoms with Gasteiger partial charge in [0, 0.05) is 5.56 Å². The number of carbonyl (C=O) groups excluding carboxylic acids is 1. The fourth-order valence-electron chi connectivity index (χ4n) is 1.66. The molecule has 0 bridgehead atoms. The second-order valence-corrected chi connectivity index (χ2v) is 5.67. The van der Waals surface area contributed by atoms with Gasteiger partial charge in [-0.3, -0.25) is 0 Å². The summed E-state index contributed by atoms with van der Waals surface area (Å²) in [5, 5.41) is 0.864. The van der Waals surface area contributed by atoms with E-state index in [1.54, 1.807) is 13.3 Å². The Balaban J connectivity index is 0.000000396. The molecule has 2 aromatic heterocycles. The molecule has 0 spiro atoms. The van der Waals surface area contributed by atoms with E-state index in [4.69, 9.17) is 9.15 Å². The SMILES string of the molecule is CC(C)=O.COc1ccc(-c2cnc(-c3ccccc3)o2)s1. The smallest absolute Gasteiger partial charge is 0.226 e. The van der Waals surface area contributed by atoms with E-state index in [-0.39, 0.29) is 5.78 Å². The van der Waals surface area contributed by atoms with Crippen molar-refractivity contribution in [1.29, 1.82) is 0 Å². The first-order chi connectivity index (χ1) is 10.6. The van der Waals surface area contributed by atoms with Crippen LogP contribution in [0.4, 0.5) is 0 Å². The summed E-state index contributed by atoms with van der Waals surface area (Å²) in [7, 11) is 1.66. The summed E-state index contributed by atoms with van der Waals surface area (Å²) in [5.41, 5.74) is 0.979. The van der Waals surface area contributed by atoms with Crippen LogP contribution in [0.5, 0.6) is 5.06 Å². The van der Waals surface area contributed by atoms with Crippen molar-refractivity contribution in [2.75, 3.05) is 7.11 Å². The van der Waals surface area contributed by atoms with Crippen LogP contribution < -0.4 is 4.74 Å². The number of methoxy groups -OCH3 is 1. The summed E-state index contributed by atoms with van der Waals surface area (Å²) in [5.74, 6) is 1.57. The Kier molecular flexibility index (Phi) is 5.49. The van der Waals surface area contributed by atoms with Crippen LogP contribution in [0.1, 0.15) is 13.8 Å². The van der Waals surface area contributed by atoms with Crippen LogP contribution in [-0.2, 0) is 4.79 Å². The van der Waals surface area contributed by atoms with Crippen LogP contribution >= 0.6 is 11.3 Å². The molecule has 0 aliphatic heterocycles. The number of oxazole rings is 1. The van der Waals surface area contributed by atoms with E-state index < -0.39 is 0 Å². The average Bonchev–Trinajstić information content (AvgIpc) is 3.16. The highest BCUT2D eigenvalue weighted by atomic mass is 32.1. The second-order valence-electron chi connectivity index (χ2n) is 4.63. The van der Waals surface area contributed by atoms with Gasteiger partial charge in [0.05, 0.1) is 18.2 Å². The number of rotatable bonds is 3. The van der Waals surface area contributed by atoms with Crippen LogP contribution in [0.25, 0.3) is 22.1 Å². The molecule has 2 heterocycles. The predicted molar refractivity (Wildman–Crippen MR) is 88.2 cm³/mol. The number of carbonyl (C=O) groups is 1. The number of Topliss-reactive ketones (excluding diaryl/α,β-unsaturated/α-hetero) is 1. The molecule has 0 aliphatic rings. The Morgan fingerprint density at radius 2 is 1.82 bits per heavy atom. The zero-order valence-corrected chi connectivity index (χ0v) is 13.5. The van der Waals surface area contributed by atoms with E-state index in [0.717, 1.165) is 21.3 Å². The van der Waals surface area contributed by atoms with Crippen molar-refractivity contribution in [2.24, 2.45) is 0 Å². The van der Waals surface area contributed by atoms with E-state index in [2.05, 4.69) is 4.98 Å². The molecule has 0 aliphatic carbocycles. The van der Waals surface area contributed by atoms with Crippen molar-refractivity contribution in [3.05, 3.63) is 48.7 Å². The fourth-order valence-corrected chi connectivity index (χ4v) is 2.43. The van der Waals surface area contributed by atoms with Gasteiger partial charge in [0.15, 0.2) is 10.8 Å². The number of ether oxygens (including phenoxy) is 1. The highest BCUT2D eigenvalue weighted by Crippen LogP contribution is 2.34. The standard InChI is InChI=1S/C14H11NO2S.C3H6O/c1-16-13-8-7-12(18-13)11-9-15-14(17-11)10-5-3-2-4-6-10;1-3(2)4/h2-9H,1H3;1-2H3. The highest BCUT2D eigenvalue weighted by molar-refractivity contribution is 7.17. The lowest BCUT2D eigenvalue weighted by Gasteiger charge is -1.93. The molecule has 4 nitrogen and oxygen atoms in total. The Hall–Kier alpha value is -2.40. The quantitative estimate of drug-likeness (QED) is 0.704. The van der Waals surface area contributed by atoms with Crippen molar-refractivity contribution in [3.63, 3.8) is 0 Å². The molecule has 5 heteroatoms. The summed E-state index contributed by atoms with van der Waals surface area (Å²) in [6, 6.07) is 13.7. The molecule has 3 rings (SSSR count). The molecule has 3 aromatic rings. The number of ketones is 1. The fraction of sp³-hybridized carbons (Fsp3) is 0.176.